The van der Waals surface area contributed by atoms with Crippen LogP contribution in [0, 0.1) is 0 Å². The summed E-state index contributed by atoms with van der Waals surface area (Å²) in [6.45, 7) is 0. The zero-order valence-electron chi connectivity index (χ0n) is 14.8. The molecule has 3 heteroatoms. The first kappa shape index (κ1) is 17.5. The molecule has 0 amide bonds. The molecule has 5 aromatic rings. The van der Waals surface area contributed by atoms with E-state index in [-0.39, 0.29) is 19.5 Å². The molecule has 27 heavy (non-hydrogen) atoms. The fourth-order valence-corrected chi connectivity index (χ4v) is 3.70. The van der Waals surface area contributed by atoms with Gasteiger partial charge in [-0.1, -0.05) is 60.7 Å². The first-order chi connectivity index (χ1) is 12.9. The summed E-state index contributed by atoms with van der Waals surface area (Å²) in [7, 11) is 0. The molecule has 2 heterocycles. The van der Waals surface area contributed by atoms with Crippen LogP contribution in [0.5, 0.6) is 0 Å². The van der Waals surface area contributed by atoms with Gasteiger partial charge in [-0.25, -0.2) is 0 Å². The van der Waals surface area contributed by atoms with E-state index >= 15 is 0 Å². The van der Waals surface area contributed by atoms with Crippen molar-refractivity contribution >= 4 is 21.5 Å². The van der Waals surface area contributed by atoms with Crippen molar-refractivity contribution in [3.63, 3.8) is 0 Å². The summed E-state index contributed by atoms with van der Waals surface area (Å²) < 4.78 is 0. The Balaban J connectivity index is 0.00000180. The number of nitrogens with zero attached hydrogens (tertiary/aromatic N) is 2. The van der Waals surface area contributed by atoms with Gasteiger partial charge in [-0.15, -0.1) is 0 Å². The first-order valence-corrected chi connectivity index (χ1v) is 8.70. The van der Waals surface area contributed by atoms with Crippen molar-refractivity contribution in [3.05, 3.63) is 97.3 Å². The van der Waals surface area contributed by atoms with E-state index in [1.54, 1.807) is 0 Å². The maximum absolute atomic E-state index is 4.64. The summed E-state index contributed by atoms with van der Waals surface area (Å²) in [5, 5.41) is 4.80. The van der Waals surface area contributed by atoms with Gasteiger partial charge in [-0.3, -0.25) is 9.97 Å². The molecule has 0 saturated carbocycles. The van der Waals surface area contributed by atoms with Crippen LogP contribution in [0.1, 0.15) is 0 Å². The average molecular weight is 398 g/mol. The van der Waals surface area contributed by atoms with Crippen molar-refractivity contribution in [2.75, 3.05) is 0 Å². The van der Waals surface area contributed by atoms with E-state index in [1.807, 2.05) is 36.7 Å². The molecule has 2 aromatic heterocycles. The molecule has 124 valence electrons. The van der Waals surface area contributed by atoms with Crippen LogP contribution in [-0.4, -0.2) is 9.97 Å². The van der Waals surface area contributed by atoms with Crippen LogP contribution >= 0.6 is 0 Å². The molecular formula is C24H16N2Zn. The van der Waals surface area contributed by atoms with Crippen LogP contribution in [0.4, 0.5) is 0 Å². The summed E-state index contributed by atoms with van der Waals surface area (Å²) in [6, 6.07) is 29.2. The molecular weight excluding hydrogens is 382 g/mol. The molecule has 0 aliphatic heterocycles. The Morgan fingerprint density at radius 2 is 0.741 bits per heavy atom. The molecule has 0 saturated heterocycles. The summed E-state index contributed by atoms with van der Waals surface area (Å²) in [5.41, 5.74) is 4.34. The van der Waals surface area contributed by atoms with Crippen molar-refractivity contribution in [1.29, 1.82) is 0 Å². The quantitative estimate of drug-likeness (QED) is 0.265. The van der Waals surface area contributed by atoms with Gasteiger partial charge in [-0.05, 0) is 45.8 Å². The van der Waals surface area contributed by atoms with Gasteiger partial charge in [0.1, 0.15) is 0 Å². The summed E-state index contributed by atoms with van der Waals surface area (Å²) in [4.78, 5) is 9.27. The third-order valence-electron chi connectivity index (χ3n) is 4.77. The fourth-order valence-electron chi connectivity index (χ4n) is 3.70. The van der Waals surface area contributed by atoms with E-state index in [4.69, 9.17) is 0 Å². The normalized spacial score (nSPS) is 10.7. The van der Waals surface area contributed by atoms with Crippen LogP contribution in [0.3, 0.4) is 0 Å². The smallest absolute Gasteiger partial charge is 0.0714 e. The Bertz CT molecular complexity index is 1060. The molecule has 0 N–H and O–H groups in total. The van der Waals surface area contributed by atoms with Gasteiger partial charge in [-0.2, -0.15) is 0 Å². The number of aromatic nitrogens is 2. The number of benzene rings is 3. The minimum atomic E-state index is 0. The third kappa shape index (κ3) is 2.95. The zero-order valence-corrected chi connectivity index (χ0v) is 17.8. The summed E-state index contributed by atoms with van der Waals surface area (Å²) in [6.07, 6.45) is 3.71. The Morgan fingerprint density at radius 3 is 1.04 bits per heavy atom. The molecule has 0 unspecified atom stereocenters. The van der Waals surface area contributed by atoms with Crippen LogP contribution in [-0.2, 0) is 19.5 Å². The SMILES string of the molecule is [Zn].c1ccc(-c2c3ccccc3c(-c3ccccn3)c3ccccc23)nc1. The van der Waals surface area contributed by atoms with E-state index in [9.17, 15) is 0 Å². The van der Waals surface area contributed by atoms with Gasteiger partial charge >= 0.3 is 0 Å². The molecule has 0 spiro atoms. The van der Waals surface area contributed by atoms with Gasteiger partial charge in [0.2, 0.25) is 0 Å². The molecule has 0 fully saturated rings. The summed E-state index contributed by atoms with van der Waals surface area (Å²) in [5.74, 6) is 0. The van der Waals surface area contributed by atoms with Crippen molar-refractivity contribution in [1.82, 2.24) is 9.97 Å². The molecule has 5 rings (SSSR count). The number of rotatable bonds is 2. The molecule has 3 aromatic carbocycles. The molecule has 0 aliphatic rings. The molecule has 0 aliphatic carbocycles. The van der Waals surface area contributed by atoms with Crippen LogP contribution < -0.4 is 0 Å². The van der Waals surface area contributed by atoms with Gasteiger partial charge in [0.15, 0.2) is 0 Å². The largest absolute Gasteiger partial charge is 0.256 e. The van der Waals surface area contributed by atoms with Crippen molar-refractivity contribution in [3.8, 4) is 22.5 Å². The number of hydrogen-bond acceptors (Lipinski definition) is 2. The Kier molecular flexibility index (Phi) is 4.79. The van der Waals surface area contributed by atoms with Gasteiger partial charge in [0.05, 0.1) is 11.4 Å². The van der Waals surface area contributed by atoms with Crippen molar-refractivity contribution in [2.45, 2.75) is 0 Å². The Labute approximate surface area is 170 Å². The predicted octanol–water partition coefficient (Wildman–Crippen LogP) is 6.11. The van der Waals surface area contributed by atoms with E-state index in [1.165, 1.54) is 32.7 Å². The predicted molar refractivity (Wildman–Crippen MR) is 108 cm³/mol. The number of pyridine rings is 2. The molecule has 0 bridgehead atoms. The average Bonchev–Trinajstić information content (AvgIpc) is 2.73. The van der Waals surface area contributed by atoms with Gasteiger partial charge < -0.3 is 0 Å². The minimum absolute atomic E-state index is 0. The maximum Gasteiger partial charge on any atom is 0.0714 e. The minimum Gasteiger partial charge on any atom is -0.256 e. The second-order valence-electron chi connectivity index (χ2n) is 6.27. The van der Waals surface area contributed by atoms with Crippen molar-refractivity contribution < 1.29 is 19.5 Å². The Hall–Kier alpha value is -2.90. The van der Waals surface area contributed by atoms with E-state index in [2.05, 4.69) is 70.6 Å². The van der Waals surface area contributed by atoms with Crippen molar-refractivity contribution in [2.24, 2.45) is 0 Å². The van der Waals surface area contributed by atoms with Crippen LogP contribution in [0.2, 0.25) is 0 Å². The van der Waals surface area contributed by atoms with Crippen LogP contribution in [0.25, 0.3) is 44.1 Å². The zero-order chi connectivity index (χ0) is 17.3. The topological polar surface area (TPSA) is 25.8 Å². The Morgan fingerprint density at radius 1 is 0.407 bits per heavy atom. The van der Waals surface area contributed by atoms with Gasteiger partial charge in [0, 0.05) is 43.0 Å². The number of hydrogen-bond donors (Lipinski definition) is 0. The molecule has 0 radical (unpaired) electrons. The molecule has 0 atom stereocenters. The van der Waals surface area contributed by atoms with Crippen LogP contribution in [0.15, 0.2) is 97.3 Å². The van der Waals surface area contributed by atoms with E-state index in [0.29, 0.717) is 0 Å². The monoisotopic (exact) mass is 396 g/mol. The summed E-state index contributed by atoms with van der Waals surface area (Å²) >= 11 is 0. The standard InChI is InChI=1S/C24H16N2.Zn/c1-2-10-18-17(9-1)23(21-13-5-7-15-25-21)19-11-3-4-12-20(19)24(18)22-14-6-8-16-26-22;/h1-16H;. The second-order valence-corrected chi connectivity index (χ2v) is 6.27. The first-order valence-electron chi connectivity index (χ1n) is 8.70. The van der Waals surface area contributed by atoms with E-state index in [0.717, 1.165) is 11.4 Å². The van der Waals surface area contributed by atoms with Gasteiger partial charge in [0.25, 0.3) is 0 Å². The molecule has 2 nitrogen and oxygen atoms in total. The maximum atomic E-state index is 4.64. The fraction of sp³-hybridized carbons (Fsp3) is 0. The third-order valence-corrected chi connectivity index (χ3v) is 4.77. The number of fused-ring (bicyclic) bond motifs is 2. The van der Waals surface area contributed by atoms with E-state index < -0.39 is 0 Å². The second kappa shape index (κ2) is 7.38.